The number of hydrogen-bond donors (Lipinski definition) is 1. The van der Waals surface area contributed by atoms with Crippen LogP contribution in [0.5, 0.6) is 0 Å². The molecule has 0 radical (unpaired) electrons. The molecule has 0 spiro atoms. The van der Waals surface area contributed by atoms with Gasteiger partial charge in [-0.3, -0.25) is 0 Å². The number of nitrogens with zero attached hydrogens (tertiary/aromatic N) is 1. The first kappa shape index (κ1) is 19.4. The summed E-state index contributed by atoms with van der Waals surface area (Å²) in [6.07, 6.45) is 10.6. The maximum Gasteiger partial charge on any atom is 0.146 e. The highest BCUT2D eigenvalue weighted by Crippen LogP contribution is 2.67. The number of ether oxygens (including phenoxy) is 2. The van der Waals surface area contributed by atoms with Crippen molar-refractivity contribution < 1.29 is 14.6 Å². The topological polar surface area (TPSA) is 62.5 Å². The number of methoxy groups -OCH3 is 1. The van der Waals surface area contributed by atoms with E-state index in [0.717, 1.165) is 25.2 Å². The number of fused-ring (bicyclic) bond motifs is 5. The summed E-state index contributed by atoms with van der Waals surface area (Å²) in [5, 5.41) is 20.0. The van der Waals surface area contributed by atoms with Crippen LogP contribution in [0.2, 0.25) is 0 Å². The summed E-state index contributed by atoms with van der Waals surface area (Å²) in [5.74, 6) is 2.81. The maximum absolute atomic E-state index is 10.8. The summed E-state index contributed by atoms with van der Waals surface area (Å²) in [6.45, 7) is 5.14. The highest BCUT2D eigenvalue weighted by atomic mass is 16.7. The van der Waals surface area contributed by atoms with E-state index in [2.05, 4.69) is 19.9 Å². The van der Waals surface area contributed by atoms with Crippen molar-refractivity contribution in [3.05, 3.63) is 11.6 Å². The molecule has 1 N–H and O–H groups in total. The third-order valence-corrected chi connectivity index (χ3v) is 9.15. The Hall–Kier alpha value is -0.890. The Labute approximate surface area is 163 Å². The van der Waals surface area contributed by atoms with Crippen LogP contribution in [-0.4, -0.2) is 31.2 Å². The van der Waals surface area contributed by atoms with Crippen LogP contribution in [0.3, 0.4) is 0 Å². The quantitative estimate of drug-likeness (QED) is 0.587. The van der Waals surface area contributed by atoms with Crippen molar-refractivity contribution >= 4 is 0 Å². The number of rotatable bonds is 3. The second-order valence-corrected chi connectivity index (χ2v) is 10.1. The van der Waals surface area contributed by atoms with Crippen LogP contribution in [0.4, 0.5) is 0 Å². The van der Waals surface area contributed by atoms with E-state index in [0.29, 0.717) is 17.8 Å². The van der Waals surface area contributed by atoms with Crippen molar-refractivity contribution in [2.75, 3.05) is 13.9 Å². The lowest BCUT2D eigenvalue weighted by atomic mass is 9.44. The Morgan fingerprint density at radius 3 is 2.78 bits per heavy atom. The van der Waals surface area contributed by atoms with Crippen LogP contribution < -0.4 is 0 Å². The van der Waals surface area contributed by atoms with Crippen LogP contribution in [0.15, 0.2) is 11.6 Å². The number of aliphatic hydroxyl groups excluding tert-OH is 1. The van der Waals surface area contributed by atoms with E-state index >= 15 is 0 Å². The first-order chi connectivity index (χ1) is 12.9. The van der Waals surface area contributed by atoms with Gasteiger partial charge in [0.05, 0.1) is 18.3 Å². The summed E-state index contributed by atoms with van der Waals surface area (Å²) in [5.41, 5.74) is 1.85. The first-order valence-electron chi connectivity index (χ1n) is 10.8. The Morgan fingerprint density at radius 1 is 1.22 bits per heavy atom. The second-order valence-electron chi connectivity index (χ2n) is 10.1. The molecule has 4 heteroatoms. The minimum Gasteiger partial charge on any atom is -0.390 e. The van der Waals surface area contributed by atoms with Gasteiger partial charge in [-0.25, -0.2) is 0 Å². The Balaban J connectivity index is 1.55. The fourth-order valence-corrected chi connectivity index (χ4v) is 7.76. The van der Waals surface area contributed by atoms with Crippen LogP contribution in [0.1, 0.15) is 65.2 Å². The normalized spacial score (nSPS) is 50.6. The van der Waals surface area contributed by atoms with Crippen molar-refractivity contribution in [1.29, 1.82) is 5.26 Å². The van der Waals surface area contributed by atoms with E-state index in [9.17, 15) is 10.4 Å². The van der Waals surface area contributed by atoms with Crippen molar-refractivity contribution in [2.45, 2.75) is 77.4 Å². The third kappa shape index (κ3) is 2.98. The lowest BCUT2D eigenvalue weighted by molar-refractivity contribution is -0.187. The molecule has 4 aliphatic carbocycles. The van der Waals surface area contributed by atoms with Gasteiger partial charge in [0.15, 0.2) is 0 Å². The van der Waals surface area contributed by atoms with Crippen molar-refractivity contribution in [3.63, 3.8) is 0 Å². The van der Waals surface area contributed by atoms with Crippen molar-refractivity contribution in [2.24, 2.45) is 34.5 Å². The SMILES string of the molecule is COCO[C@H]1C[C@@H]2CC[C@@H]3[C@H](CC[C@]4(C)/C(=C\C#N)CC[C@@H]34)[C@@]2(C)C[C@@H]1O. The molecule has 4 fully saturated rings. The molecule has 150 valence electrons. The molecule has 0 unspecified atom stereocenters. The highest BCUT2D eigenvalue weighted by Gasteiger charge is 2.60. The molecular weight excluding hydrogens is 338 g/mol. The first-order valence-corrected chi connectivity index (χ1v) is 10.8. The van der Waals surface area contributed by atoms with Gasteiger partial charge in [-0.05, 0) is 85.9 Å². The molecule has 4 aliphatic rings. The molecule has 0 saturated heterocycles. The standard InChI is InChI=1S/C23H35NO3/c1-22-10-8-19-17(18(22)7-5-15(22)9-11-24)6-4-16-12-21(27-14-26-3)20(25)13-23(16,19)2/h9,16-21,25H,4-8,10,12-14H2,1-3H3/b15-9-/t16-,17-,18-,19-,20-,21-,22+,23-/m0/s1. The number of aliphatic hydroxyl groups is 1. The van der Waals surface area contributed by atoms with Gasteiger partial charge in [0.25, 0.3) is 0 Å². The average Bonchev–Trinajstić information content (AvgIpc) is 2.97. The number of hydrogen-bond acceptors (Lipinski definition) is 4. The molecule has 0 aromatic rings. The molecule has 4 saturated carbocycles. The summed E-state index contributed by atoms with van der Waals surface area (Å²) in [6, 6.07) is 2.30. The predicted octanol–water partition coefficient (Wildman–Crippen LogP) is 4.44. The molecule has 4 nitrogen and oxygen atoms in total. The van der Waals surface area contributed by atoms with Crippen molar-refractivity contribution in [1.82, 2.24) is 0 Å². The fraction of sp³-hybridized carbons (Fsp3) is 0.870. The Kier molecular flexibility index (Phi) is 5.16. The molecule has 27 heavy (non-hydrogen) atoms. The molecular formula is C23H35NO3. The molecule has 0 amide bonds. The average molecular weight is 374 g/mol. The van der Waals surface area contributed by atoms with E-state index in [1.54, 1.807) is 7.11 Å². The van der Waals surface area contributed by atoms with E-state index < -0.39 is 0 Å². The van der Waals surface area contributed by atoms with Gasteiger partial charge in [-0.1, -0.05) is 19.4 Å². The highest BCUT2D eigenvalue weighted by molar-refractivity contribution is 5.28. The third-order valence-electron chi connectivity index (χ3n) is 9.15. The van der Waals surface area contributed by atoms with Gasteiger partial charge in [0, 0.05) is 13.2 Å². The van der Waals surface area contributed by atoms with Crippen LogP contribution in [0, 0.1) is 45.8 Å². The van der Waals surface area contributed by atoms with Gasteiger partial charge in [-0.2, -0.15) is 5.26 Å². The zero-order chi connectivity index (χ0) is 19.2. The minimum atomic E-state index is -0.383. The summed E-state index contributed by atoms with van der Waals surface area (Å²) in [4.78, 5) is 0. The summed E-state index contributed by atoms with van der Waals surface area (Å²) < 4.78 is 10.9. The van der Waals surface area contributed by atoms with Crippen LogP contribution in [0.25, 0.3) is 0 Å². The maximum atomic E-state index is 10.8. The molecule has 0 aliphatic heterocycles. The van der Waals surface area contributed by atoms with Gasteiger partial charge in [0.2, 0.25) is 0 Å². The smallest absolute Gasteiger partial charge is 0.146 e. The van der Waals surface area contributed by atoms with Crippen LogP contribution in [-0.2, 0) is 9.47 Å². The zero-order valence-electron chi connectivity index (χ0n) is 17.1. The monoisotopic (exact) mass is 373 g/mol. The molecule has 0 aromatic carbocycles. The van der Waals surface area contributed by atoms with E-state index in [1.807, 2.05) is 6.08 Å². The molecule has 0 aromatic heterocycles. The zero-order valence-corrected chi connectivity index (χ0v) is 17.1. The molecule has 4 rings (SSSR count). The van der Waals surface area contributed by atoms with Gasteiger partial charge >= 0.3 is 0 Å². The Bertz CT molecular complexity index is 640. The largest absolute Gasteiger partial charge is 0.390 e. The van der Waals surface area contributed by atoms with Crippen molar-refractivity contribution in [3.8, 4) is 6.07 Å². The van der Waals surface area contributed by atoms with Gasteiger partial charge in [0.1, 0.15) is 6.79 Å². The lowest BCUT2D eigenvalue weighted by Crippen LogP contribution is -2.56. The van der Waals surface area contributed by atoms with Crippen LogP contribution >= 0.6 is 0 Å². The van der Waals surface area contributed by atoms with E-state index in [1.165, 1.54) is 37.7 Å². The summed E-state index contributed by atoms with van der Waals surface area (Å²) in [7, 11) is 1.64. The van der Waals surface area contributed by atoms with E-state index in [-0.39, 0.29) is 29.8 Å². The fourth-order valence-electron chi connectivity index (χ4n) is 7.76. The Morgan fingerprint density at radius 2 is 2.04 bits per heavy atom. The minimum absolute atomic E-state index is 0.0786. The molecule has 8 atom stereocenters. The molecule has 0 heterocycles. The van der Waals surface area contributed by atoms with Gasteiger partial charge < -0.3 is 14.6 Å². The number of nitriles is 1. The second kappa shape index (κ2) is 7.17. The number of allylic oxidation sites excluding steroid dienone is 2. The predicted molar refractivity (Wildman–Crippen MR) is 104 cm³/mol. The van der Waals surface area contributed by atoms with Gasteiger partial charge in [-0.15, -0.1) is 0 Å². The lowest BCUT2D eigenvalue weighted by Gasteiger charge is -2.61. The summed E-state index contributed by atoms with van der Waals surface area (Å²) >= 11 is 0. The molecule has 0 bridgehead atoms. The van der Waals surface area contributed by atoms with E-state index in [4.69, 9.17) is 9.47 Å².